The van der Waals surface area contributed by atoms with Gasteiger partial charge < -0.3 is 14.8 Å². The molecule has 1 atom stereocenters. The SMILES string of the molecule is CCOc1ccc(C(=O)COC(=O)c2ccc(N3C(=O)CC(NC4CCCCC4)C3=O)cc2)cc1. The first-order chi connectivity index (χ1) is 17.0. The van der Waals surface area contributed by atoms with Gasteiger partial charge in [-0.05, 0) is 68.3 Å². The van der Waals surface area contributed by atoms with Crippen LogP contribution in [0.25, 0.3) is 0 Å². The first-order valence-corrected chi connectivity index (χ1v) is 12.1. The molecule has 1 saturated carbocycles. The number of imide groups is 1. The fourth-order valence-electron chi connectivity index (χ4n) is 4.54. The van der Waals surface area contributed by atoms with E-state index in [1.807, 2.05) is 6.92 Å². The fourth-order valence-corrected chi connectivity index (χ4v) is 4.54. The number of hydrogen-bond donors (Lipinski definition) is 1. The number of benzene rings is 2. The van der Waals surface area contributed by atoms with Gasteiger partial charge in [0.05, 0.1) is 30.3 Å². The van der Waals surface area contributed by atoms with E-state index in [9.17, 15) is 19.2 Å². The highest BCUT2D eigenvalue weighted by Gasteiger charge is 2.40. The standard InChI is InChI=1S/C27H30N2O6/c1-2-34-22-14-10-18(11-15-22)24(30)17-35-27(33)19-8-12-21(13-9-19)29-25(31)16-23(26(29)32)28-20-6-4-3-5-7-20/h8-15,20,23,28H,2-7,16-17H2,1H3. The number of rotatable bonds is 9. The Bertz CT molecular complexity index is 1070. The Morgan fingerprint density at radius 1 is 0.943 bits per heavy atom. The van der Waals surface area contributed by atoms with Gasteiger partial charge in [0.2, 0.25) is 5.91 Å². The molecule has 0 spiro atoms. The topological polar surface area (TPSA) is 102 Å². The van der Waals surface area contributed by atoms with Crippen molar-refractivity contribution >= 4 is 29.3 Å². The Labute approximate surface area is 204 Å². The molecule has 2 aromatic rings. The predicted molar refractivity (Wildman–Crippen MR) is 130 cm³/mol. The highest BCUT2D eigenvalue weighted by atomic mass is 16.5. The molecule has 8 heteroatoms. The van der Waals surface area contributed by atoms with E-state index in [2.05, 4.69) is 5.32 Å². The molecule has 2 fully saturated rings. The summed E-state index contributed by atoms with van der Waals surface area (Å²) in [4.78, 5) is 51.3. The summed E-state index contributed by atoms with van der Waals surface area (Å²) in [5.74, 6) is -0.863. The summed E-state index contributed by atoms with van der Waals surface area (Å²) in [5.41, 5.74) is 1.05. The zero-order valence-electron chi connectivity index (χ0n) is 19.8. The van der Waals surface area contributed by atoms with Crippen molar-refractivity contribution in [2.75, 3.05) is 18.1 Å². The van der Waals surface area contributed by atoms with Crippen LogP contribution in [0.15, 0.2) is 48.5 Å². The Balaban J connectivity index is 1.32. The first kappa shape index (κ1) is 24.6. The minimum atomic E-state index is -0.660. The van der Waals surface area contributed by atoms with Gasteiger partial charge in [0.1, 0.15) is 5.75 Å². The molecule has 0 bridgehead atoms. The van der Waals surface area contributed by atoms with Crippen molar-refractivity contribution in [2.45, 2.75) is 57.5 Å². The van der Waals surface area contributed by atoms with E-state index in [1.54, 1.807) is 36.4 Å². The van der Waals surface area contributed by atoms with Crippen molar-refractivity contribution in [1.29, 1.82) is 0 Å². The van der Waals surface area contributed by atoms with Gasteiger partial charge >= 0.3 is 5.97 Å². The Hall–Kier alpha value is -3.52. The maximum Gasteiger partial charge on any atom is 0.338 e. The van der Waals surface area contributed by atoms with Gasteiger partial charge in [-0.1, -0.05) is 19.3 Å². The molecule has 184 valence electrons. The lowest BCUT2D eigenvalue weighted by Gasteiger charge is -2.25. The minimum Gasteiger partial charge on any atom is -0.494 e. The lowest BCUT2D eigenvalue weighted by Crippen LogP contribution is -2.44. The second kappa shape index (κ2) is 11.3. The molecule has 1 N–H and O–H groups in total. The number of nitrogens with one attached hydrogen (secondary N) is 1. The lowest BCUT2D eigenvalue weighted by molar-refractivity contribution is -0.121. The minimum absolute atomic E-state index is 0.132. The van der Waals surface area contributed by atoms with Crippen molar-refractivity contribution in [1.82, 2.24) is 5.32 Å². The third kappa shape index (κ3) is 5.95. The number of ether oxygens (including phenoxy) is 2. The first-order valence-electron chi connectivity index (χ1n) is 12.1. The monoisotopic (exact) mass is 478 g/mol. The smallest absolute Gasteiger partial charge is 0.338 e. The van der Waals surface area contributed by atoms with Gasteiger partial charge in [-0.15, -0.1) is 0 Å². The van der Waals surface area contributed by atoms with Crippen molar-refractivity contribution in [3.63, 3.8) is 0 Å². The van der Waals surface area contributed by atoms with Gasteiger partial charge in [0.25, 0.3) is 5.91 Å². The molecule has 2 aliphatic rings. The van der Waals surface area contributed by atoms with Gasteiger partial charge in [0.15, 0.2) is 12.4 Å². The quantitative estimate of drug-likeness (QED) is 0.333. The van der Waals surface area contributed by atoms with Crippen molar-refractivity contribution in [3.8, 4) is 5.75 Å². The molecule has 1 saturated heterocycles. The zero-order valence-corrected chi connectivity index (χ0v) is 19.8. The normalized spacial score (nSPS) is 18.5. The maximum atomic E-state index is 12.9. The van der Waals surface area contributed by atoms with Crippen LogP contribution in [0.5, 0.6) is 5.75 Å². The molecular weight excluding hydrogens is 448 g/mol. The number of amides is 2. The summed E-state index contributed by atoms with van der Waals surface area (Å²) >= 11 is 0. The van der Waals surface area contributed by atoms with Crippen LogP contribution in [-0.4, -0.2) is 48.9 Å². The number of nitrogens with zero attached hydrogens (tertiary/aromatic N) is 1. The van der Waals surface area contributed by atoms with Crippen LogP contribution >= 0.6 is 0 Å². The largest absolute Gasteiger partial charge is 0.494 e. The zero-order chi connectivity index (χ0) is 24.8. The number of esters is 1. The summed E-state index contributed by atoms with van der Waals surface area (Å²) in [7, 11) is 0. The molecule has 0 radical (unpaired) electrons. The van der Waals surface area contributed by atoms with E-state index in [1.165, 1.54) is 23.5 Å². The molecule has 4 rings (SSSR count). The van der Waals surface area contributed by atoms with Crippen LogP contribution in [0.2, 0.25) is 0 Å². The fraction of sp³-hybridized carbons (Fsp3) is 0.407. The van der Waals surface area contributed by atoms with Crippen LogP contribution in [0.4, 0.5) is 5.69 Å². The Morgan fingerprint density at radius 3 is 2.26 bits per heavy atom. The van der Waals surface area contributed by atoms with Gasteiger partial charge in [-0.2, -0.15) is 0 Å². The molecule has 1 unspecified atom stereocenters. The molecule has 35 heavy (non-hydrogen) atoms. The Kier molecular flexibility index (Phi) is 7.92. The third-order valence-electron chi connectivity index (χ3n) is 6.37. The molecule has 1 heterocycles. The molecule has 1 aliphatic carbocycles. The highest BCUT2D eigenvalue weighted by Crippen LogP contribution is 2.26. The van der Waals surface area contributed by atoms with E-state index in [0.717, 1.165) is 25.7 Å². The maximum absolute atomic E-state index is 12.9. The lowest BCUT2D eigenvalue weighted by atomic mass is 9.95. The Morgan fingerprint density at radius 2 is 1.60 bits per heavy atom. The molecule has 2 amide bonds. The summed E-state index contributed by atoms with van der Waals surface area (Å²) in [6.07, 6.45) is 5.67. The van der Waals surface area contributed by atoms with E-state index in [0.29, 0.717) is 23.6 Å². The number of carbonyl (C=O) groups excluding carboxylic acids is 4. The summed E-state index contributed by atoms with van der Waals surface area (Å²) < 4.78 is 10.5. The van der Waals surface area contributed by atoms with Crippen LogP contribution in [0.1, 0.15) is 66.2 Å². The van der Waals surface area contributed by atoms with Crippen molar-refractivity contribution < 1.29 is 28.7 Å². The molecular formula is C27H30N2O6. The highest BCUT2D eigenvalue weighted by molar-refractivity contribution is 6.22. The van der Waals surface area contributed by atoms with E-state index in [-0.39, 0.29) is 35.6 Å². The van der Waals surface area contributed by atoms with Crippen LogP contribution in [0.3, 0.4) is 0 Å². The van der Waals surface area contributed by atoms with E-state index >= 15 is 0 Å². The van der Waals surface area contributed by atoms with Crippen molar-refractivity contribution in [3.05, 3.63) is 59.7 Å². The number of ketones is 1. The molecule has 0 aromatic heterocycles. The predicted octanol–water partition coefficient (Wildman–Crippen LogP) is 3.68. The van der Waals surface area contributed by atoms with E-state index in [4.69, 9.17) is 9.47 Å². The molecule has 1 aliphatic heterocycles. The number of Topliss-reactive ketones (excluding diaryl/α,β-unsaturated/α-hetero) is 1. The average molecular weight is 479 g/mol. The van der Waals surface area contributed by atoms with Crippen molar-refractivity contribution in [2.24, 2.45) is 0 Å². The van der Waals surface area contributed by atoms with Crippen LogP contribution < -0.4 is 15.0 Å². The third-order valence-corrected chi connectivity index (χ3v) is 6.37. The number of carbonyl (C=O) groups is 4. The number of hydrogen-bond acceptors (Lipinski definition) is 7. The summed E-state index contributed by atoms with van der Waals surface area (Å²) in [6, 6.07) is 12.4. The molecule has 8 nitrogen and oxygen atoms in total. The van der Waals surface area contributed by atoms with E-state index < -0.39 is 18.6 Å². The van der Waals surface area contributed by atoms with Crippen LogP contribution in [-0.2, 0) is 14.3 Å². The summed E-state index contributed by atoms with van der Waals surface area (Å²) in [6.45, 7) is 2.01. The second-order valence-corrected chi connectivity index (χ2v) is 8.83. The van der Waals surface area contributed by atoms with Gasteiger partial charge in [0, 0.05) is 11.6 Å². The second-order valence-electron chi connectivity index (χ2n) is 8.83. The van der Waals surface area contributed by atoms with Gasteiger partial charge in [-0.3, -0.25) is 14.4 Å². The molecule has 2 aromatic carbocycles. The van der Waals surface area contributed by atoms with Crippen LogP contribution in [0, 0.1) is 0 Å². The average Bonchev–Trinajstić information content (AvgIpc) is 3.16. The van der Waals surface area contributed by atoms with Gasteiger partial charge in [-0.25, -0.2) is 9.69 Å². The summed E-state index contributed by atoms with van der Waals surface area (Å²) in [5, 5.41) is 3.35. The number of anilines is 1.